The van der Waals surface area contributed by atoms with Crippen molar-refractivity contribution in [1.82, 2.24) is 4.98 Å². The molecule has 0 bridgehead atoms. The molecule has 6 heteroatoms. The number of pyridine rings is 1. The van der Waals surface area contributed by atoms with Crippen LogP contribution in [0.5, 0.6) is 0 Å². The lowest BCUT2D eigenvalue weighted by molar-refractivity contribution is 0.102. The Morgan fingerprint density at radius 2 is 1.86 bits per heavy atom. The number of hydrogen-bond acceptors (Lipinski definition) is 3. The van der Waals surface area contributed by atoms with Crippen molar-refractivity contribution in [2.45, 2.75) is 0 Å². The van der Waals surface area contributed by atoms with Crippen molar-refractivity contribution in [3.05, 3.63) is 69.8 Å². The van der Waals surface area contributed by atoms with Crippen LogP contribution in [0.2, 0.25) is 10.2 Å². The third-order valence-electron chi connectivity index (χ3n) is 2.99. The molecule has 0 aliphatic carbocycles. The van der Waals surface area contributed by atoms with Crippen LogP contribution in [-0.4, -0.2) is 10.9 Å². The fourth-order valence-electron chi connectivity index (χ4n) is 2.00. The minimum atomic E-state index is -0.392. The third kappa shape index (κ3) is 3.14. The number of anilines is 1. The van der Waals surface area contributed by atoms with Crippen molar-refractivity contribution in [3.63, 3.8) is 0 Å². The van der Waals surface area contributed by atoms with E-state index in [1.165, 1.54) is 0 Å². The molecule has 3 aromatic rings. The van der Waals surface area contributed by atoms with Gasteiger partial charge < -0.3 is 5.32 Å². The molecule has 0 saturated heterocycles. The summed E-state index contributed by atoms with van der Waals surface area (Å²) in [6, 6.07) is 14.6. The summed E-state index contributed by atoms with van der Waals surface area (Å²) < 4.78 is 0. The summed E-state index contributed by atoms with van der Waals surface area (Å²) in [5.74, 6) is -0.392. The number of benzene rings is 1. The summed E-state index contributed by atoms with van der Waals surface area (Å²) in [4.78, 5) is 17.5. The van der Waals surface area contributed by atoms with Gasteiger partial charge in [-0.3, -0.25) is 4.79 Å². The van der Waals surface area contributed by atoms with Crippen molar-refractivity contribution in [3.8, 4) is 10.4 Å². The predicted octanol–water partition coefficient (Wildman–Crippen LogP) is 5.37. The van der Waals surface area contributed by atoms with Gasteiger partial charge in [0.05, 0.1) is 5.02 Å². The molecule has 110 valence electrons. The lowest BCUT2D eigenvalue weighted by Crippen LogP contribution is -2.15. The van der Waals surface area contributed by atoms with Gasteiger partial charge in [0.1, 0.15) is 10.8 Å². The lowest BCUT2D eigenvalue weighted by atomic mass is 10.1. The zero-order chi connectivity index (χ0) is 15.5. The highest BCUT2D eigenvalue weighted by atomic mass is 35.5. The number of aromatic nitrogens is 1. The summed E-state index contributed by atoms with van der Waals surface area (Å²) in [5, 5.41) is 5.32. The number of nitrogens with zero attached hydrogens (tertiary/aromatic N) is 1. The number of halogens is 2. The van der Waals surface area contributed by atoms with Gasteiger partial charge in [0.25, 0.3) is 5.91 Å². The van der Waals surface area contributed by atoms with Crippen LogP contribution in [0.25, 0.3) is 10.4 Å². The van der Waals surface area contributed by atoms with Crippen molar-refractivity contribution in [1.29, 1.82) is 0 Å². The molecule has 3 rings (SSSR count). The van der Waals surface area contributed by atoms with Crippen LogP contribution >= 0.6 is 34.5 Å². The molecule has 0 radical (unpaired) electrons. The molecule has 0 aliphatic rings. The second kappa shape index (κ2) is 6.48. The van der Waals surface area contributed by atoms with Gasteiger partial charge in [-0.05, 0) is 29.6 Å². The zero-order valence-corrected chi connectivity index (χ0v) is 13.5. The minimum absolute atomic E-state index is 0.107. The van der Waals surface area contributed by atoms with E-state index in [4.69, 9.17) is 23.2 Å². The Morgan fingerprint density at radius 3 is 2.64 bits per heavy atom. The molecule has 3 nitrogen and oxygen atoms in total. The van der Waals surface area contributed by atoms with Crippen LogP contribution in [0.15, 0.2) is 53.9 Å². The smallest absolute Gasteiger partial charge is 0.275 e. The second-order valence-electron chi connectivity index (χ2n) is 4.44. The van der Waals surface area contributed by atoms with E-state index >= 15 is 0 Å². The standard InChI is InChI=1S/C16H10Cl2N2OS/c17-11-7-8-14(18)20-15(11)16(21)19-12-5-2-1-4-10(12)13-6-3-9-22-13/h1-9H,(H,19,21). The maximum atomic E-state index is 12.4. The summed E-state index contributed by atoms with van der Waals surface area (Å²) in [5.41, 5.74) is 1.76. The Labute approximate surface area is 141 Å². The monoisotopic (exact) mass is 348 g/mol. The second-order valence-corrected chi connectivity index (χ2v) is 6.18. The van der Waals surface area contributed by atoms with E-state index in [9.17, 15) is 4.79 Å². The van der Waals surface area contributed by atoms with Crippen LogP contribution in [0.1, 0.15) is 10.5 Å². The number of para-hydroxylation sites is 1. The first-order valence-electron chi connectivity index (χ1n) is 6.41. The van der Waals surface area contributed by atoms with Gasteiger partial charge in [0.15, 0.2) is 0 Å². The Morgan fingerprint density at radius 1 is 1.05 bits per heavy atom. The van der Waals surface area contributed by atoms with Crippen molar-refractivity contribution < 1.29 is 4.79 Å². The predicted molar refractivity (Wildman–Crippen MR) is 92.0 cm³/mol. The van der Waals surface area contributed by atoms with E-state index in [0.717, 1.165) is 10.4 Å². The fourth-order valence-corrected chi connectivity index (χ4v) is 3.10. The minimum Gasteiger partial charge on any atom is -0.320 e. The molecule has 2 heterocycles. The molecular weight excluding hydrogens is 339 g/mol. The Balaban J connectivity index is 1.94. The number of amides is 1. The summed E-state index contributed by atoms with van der Waals surface area (Å²) in [6.07, 6.45) is 0. The maximum Gasteiger partial charge on any atom is 0.275 e. The molecule has 22 heavy (non-hydrogen) atoms. The number of carbonyl (C=O) groups is 1. The molecule has 0 saturated carbocycles. The van der Waals surface area contributed by atoms with Crippen LogP contribution in [0.3, 0.4) is 0 Å². The average molecular weight is 349 g/mol. The molecule has 0 atom stereocenters. The first-order valence-corrected chi connectivity index (χ1v) is 8.05. The van der Waals surface area contributed by atoms with Gasteiger partial charge in [0, 0.05) is 16.1 Å². The van der Waals surface area contributed by atoms with Crippen LogP contribution in [-0.2, 0) is 0 Å². The van der Waals surface area contributed by atoms with E-state index in [1.54, 1.807) is 23.5 Å². The van der Waals surface area contributed by atoms with Gasteiger partial charge >= 0.3 is 0 Å². The van der Waals surface area contributed by atoms with Gasteiger partial charge in [-0.1, -0.05) is 47.5 Å². The number of carbonyl (C=O) groups excluding carboxylic acids is 1. The van der Waals surface area contributed by atoms with E-state index in [2.05, 4.69) is 10.3 Å². The lowest BCUT2D eigenvalue weighted by Gasteiger charge is -2.10. The van der Waals surface area contributed by atoms with Crippen LogP contribution in [0.4, 0.5) is 5.69 Å². The van der Waals surface area contributed by atoms with Crippen molar-refractivity contribution >= 4 is 46.1 Å². The number of rotatable bonds is 3. The number of hydrogen-bond donors (Lipinski definition) is 1. The van der Waals surface area contributed by atoms with Gasteiger partial charge in [0.2, 0.25) is 0 Å². The number of nitrogens with one attached hydrogen (secondary N) is 1. The van der Waals surface area contributed by atoms with Gasteiger partial charge in [-0.2, -0.15) is 0 Å². The van der Waals surface area contributed by atoms with Gasteiger partial charge in [-0.25, -0.2) is 4.98 Å². The summed E-state index contributed by atoms with van der Waals surface area (Å²) >= 11 is 13.4. The van der Waals surface area contributed by atoms with Crippen molar-refractivity contribution in [2.75, 3.05) is 5.32 Å². The average Bonchev–Trinajstić information content (AvgIpc) is 3.04. The highest BCUT2D eigenvalue weighted by Crippen LogP contribution is 2.31. The number of thiophene rings is 1. The zero-order valence-electron chi connectivity index (χ0n) is 11.2. The Hall–Kier alpha value is -1.88. The molecule has 0 unspecified atom stereocenters. The van der Waals surface area contributed by atoms with Crippen LogP contribution in [0, 0.1) is 0 Å². The first kappa shape index (κ1) is 15.0. The SMILES string of the molecule is O=C(Nc1ccccc1-c1cccs1)c1nc(Cl)ccc1Cl. The molecule has 0 aliphatic heterocycles. The molecule has 1 N–H and O–H groups in total. The Bertz CT molecular complexity index is 819. The highest BCUT2D eigenvalue weighted by molar-refractivity contribution is 7.13. The summed E-state index contributed by atoms with van der Waals surface area (Å²) in [6.45, 7) is 0. The summed E-state index contributed by atoms with van der Waals surface area (Å²) in [7, 11) is 0. The van der Waals surface area contributed by atoms with Gasteiger partial charge in [-0.15, -0.1) is 11.3 Å². The molecule has 2 aromatic heterocycles. The first-order chi connectivity index (χ1) is 10.6. The quantitative estimate of drug-likeness (QED) is 0.646. The maximum absolute atomic E-state index is 12.4. The van der Waals surface area contributed by atoms with E-state index in [-0.39, 0.29) is 15.9 Å². The van der Waals surface area contributed by atoms with Crippen LogP contribution < -0.4 is 5.32 Å². The largest absolute Gasteiger partial charge is 0.320 e. The fraction of sp³-hybridized carbons (Fsp3) is 0. The molecule has 0 spiro atoms. The highest BCUT2D eigenvalue weighted by Gasteiger charge is 2.15. The van der Waals surface area contributed by atoms with Crippen molar-refractivity contribution in [2.24, 2.45) is 0 Å². The molecule has 0 fully saturated rings. The molecule has 1 amide bonds. The van der Waals surface area contributed by atoms with E-state index in [0.29, 0.717) is 5.69 Å². The molecular formula is C16H10Cl2N2OS. The molecule has 1 aromatic carbocycles. The third-order valence-corrected chi connectivity index (χ3v) is 4.41. The Kier molecular flexibility index (Phi) is 4.43. The topological polar surface area (TPSA) is 42.0 Å². The normalized spacial score (nSPS) is 10.5. The van der Waals surface area contributed by atoms with E-state index in [1.807, 2.05) is 41.8 Å². The van der Waals surface area contributed by atoms with E-state index < -0.39 is 5.91 Å².